The summed E-state index contributed by atoms with van der Waals surface area (Å²) in [5.41, 5.74) is 4.91. The molecule has 14 heteroatoms. The van der Waals surface area contributed by atoms with Gasteiger partial charge in [0.1, 0.15) is 17.2 Å². The van der Waals surface area contributed by atoms with Crippen molar-refractivity contribution in [2.45, 2.75) is 70.8 Å². The molecule has 0 unspecified atom stereocenters. The Morgan fingerprint density at radius 2 is 1.37 bits per heavy atom. The Hall–Kier alpha value is -4.08. The Bertz CT molecular complexity index is 2180. The number of hydrogen-bond acceptors (Lipinski definition) is 9. The molecule has 3 aliphatic heterocycles. The maximum Gasteiger partial charge on any atom is 0.325 e. The minimum absolute atomic E-state index is 0.158. The van der Waals surface area contributed by atoms with Crippen LogP contribution in [0, 0.1) is 11.6 Å². The molecule has 3 fully saturated rings. The molecule has 3 aliphatic rings. The first kappa shape index (κ1) is 43.0. The molecule has 3 amide bonds. The minimum Gasteiger partial charge on any atom is -0.352 e. The van der Waals surface area contributed by atoms with Crippen LogP contribution in [0.1, 0.15) is 71.5 Å². The summed E-state index contributed by atoms with van der Waals surface area (Å²) in [7, 11) is 0. The van der Waals surface area contributed by atoms with Gasteiger partial charge in [-0.15, -0.1) is 22.7 Å². The Kier molecular flexibility index (Phi) is 14.6. The molecule has 0 spiro atoms. The van der Waals surface area contributed by atoms with Crippen LogP contribution >= 0.6 is 38.6 Å². The molecule has 0 atom stereocenters. The van der Waals surface area contributed by atoms with E-state index in [1.807, 2.05) is 35.6 Å². The first-order valence-corrected chi connectivity index (χ1v) is 23.0. The van der Waals surface area contributed by atoms with Crippen LogP contribution in [-0.4, -0.2) is 94.5 Å². The van der Waals surface area contributed by atoms with E-state index in [1.165, 1.54) is 88.8 Å². The molecular formula is C45H52BrF2N7O2S2. The number of nitrogens with zero attached hydrogens (tertiary/aromatic N) is 5. The summed E-state index contributed by atoms with van der Waals surface area (Å²) in [5, 5.41) is 7.74. The molecule has 2 N–H and O–H groups in total. The summed E-state index contributed by atoms with van der Waals surface area (Å²) in [4.78, 5) is 43.7. The third-order valence-corrected chi connectivity index (χ3v) is 14.1. The quantitative estimate of drug-likeness (QED) is 0.101. The predicted octanol–water partition coefficient (Wildman–Crippen LogP) is 9.19. The number of carbonyl (C=O) groups excluding carboxylic acids is 2. The highest BCUT2D eigenvalue weighted by Crippen LogP contribution is 2.36. The summed E-state index contributed by atoms with van der Waals surface area (Å²) in [6, 6.07) is 17.7. The third-order valence-electron chi connectivity index (χ3n) is 11.4. The molecule has 5 aromatic rings. The van der Waals surface area contributed by atoms with Crippen molar-refractivity contribution in [1.82, 2.24) is 30.0 Å². The predicted molar refractivity (Wildman–Crippen MR) is 237 cm³/mol. The standard InChI is InChI=1S/C28H32BrFN6O2S.C17H20FNS/c1-28(2)25(37)34-27(38)36(28)14-10-31-26-32-17-21(29)24(33-26)23-16-19(9-13-35-11-3-4-12-35)22(39-23)15-18-5-7-20(30)8-6-18;18-16-5-3-14(4-6-16)13-17-15(8-12-20-17)7-11-19-9-1-2-10-19/h5-8,16-17H,3-4,9-15H2,1-2H3,(H,31,32,33)(H,34,37,38);3-6,8,12H,1-2,7,9-11,13H2. The number of likely N-dealkylation sites (tertiary alicyclic amines) is 2. The number of imide groups is 1. The molecule has 8 rings (SSSR count). The second kappa shape index (κ2) is 20.0. The summed E-state index contributed by atoms with van der Waals surface area (Å²) in [5.74, 6) is -0.243. The molecule has 3 saturated heterocycles. The average molecular weight is 905 g/mol. The van der Waals surface area contributed by atoms with Crippen molar-refractivity contribution in [3.05, 3.63) is 120 Å². The SMILES string of the molecule is CC1(C)C(=O)NC(=O)N1CCNc1ncc(Br)c(-c2cc(CCN3CCCC3)c(Cc3ccc(F)cc3)s2)n1.Fc1ccc(Cc2sccc2CCN2CCCC2)cc1. The zero-order valence-electron chi connectivity index (χ0n) is 33.7. The molecule has 312 valence electrons. The number of thiophene rings is 2. The number of amides is 3. The van der Waals surface area contributed by atoms with Gasteiger partial charge >= 0.3 is 6.03 Å². The first-order chi connectivity index (χ1) is 28.5. The van der Waals surface area contributed by atoms with Crippen LogP contribution in [0.5, 0.6) is 0 Å². The Morgan fingerprint density at radius 1 is 0.797 bits per heavy atom. The van der Waals surface area contributed by atoms with Crippen molar-refractivity contribution in [3.63, 3.8) is 0 Å². The van der Waals surface area contributed by atoms with E-state index in [2.05, 4.69) is 58.9 Å². The smallest absolute Gasteiger partial charge is 0.325 e. The fourth-order valence-electron chi connectivity index (χ4n) is 7.81. The normalized spacial score (nSPS) is 16.7. The van der Waals surface area contributed by atoms with Crippen LogP contribution in [0.2, 0.25) is 0 Å². The van der Waals surface area contributed by atoms with Gasteiger partial charge < -0.3 is 20.0 Å². The fourth-order valence-corrected chi connectivity index (χ4v) is 10.6. The van der Waals surface area contributed by atoms with Gasteiger partial charge in [-0.05, 0) is 159 Å². The summed E-state index contributed by atoms with van der Waals surface area (Å²) >= 11 is 7.15. The topological polar surface area (TPSA) is 93.7 Å². The van der Waals surface area contributed by atoms with E-state index in [4.69, 9.17) is 4.98 Å². The Labute approximate surface area is 362 Å². The van der Waals surface area contributed by atoms with E-state index >= 15 is 0 Å². The maximum absolute atomic E-state index is 13.5. The monoisotopic (exact) mass is 903 g/mol. The highest BCUT2D eigenvalue weighted by molar-refractivity contribution is 9.10. The highest BCUT2D eigenvalue weighted by atomic mass is 79.9. The van der Waals surface area contributed by atoms with Gasteiger partial charge in [-0.25, -0.2) is 23.5 Å². The Morgan fingerprint density at radius 3 is 1.95 bits per heavy atom. The summed E-state index contributed by atoms with van der Waals surface area (Å²) in [6.07, 6.45) is 10.7. The van der Waals surface area contributed by atoms with Gasteiger partial charge in [-0.1, -0.05) is 24.3 Å². The van der Waals surface area contributed by atoms with E-state index in [9.17, 15) is 18.4 Å². The van der Waals surface area contributed by atoms with Crippen LogP contribution in [0.25, 0.3) is 10.6 Å². The lowest BCUT2D eigenvalue weighted by atomic mass is 10.0. The molecule has 59 heavy (non-hydrogen) atoms. The van der Waals surface area contributed by atoms with Crippen molar-refractivity contribution in [2.75, 3.05) is 57.7 Å². The maximum atomic E-state index is 13.5. The number of anilines is 1. The second-order valence-corrected chi connectivity index (χ2v) is 18.9. The van der Waals surface area contributed by atoms with Gasteiger partial charge in [0.2, 0.25) is 5.95 Å². The summed E-state index contributed by atoms with van der Waals surface area (Å²) < 4.78 is 27.2. The number of carbonyl (C=O) groups is 2. The van der Waals surface area contributed by atoms with Gasteiger partial charge in [-0.3, -0.25) is 10.1 Å². The third kappa shape index (κ3) is 11.4. The van der Waals surface area contributed by atoms with Gasteiger partial charge in [0, 0.05) is 55.0 Å². The molecule has 2 aromatic carbocycles. The number of halogens is 3. The van der Waals surface area contributed by atoms with Gasteiger partial charge in [0.25, 0.3) is 5.91 Å². The van der Waals surface area contributed by atoms with Gasteiger partial charge in [-0.2, -0.15) is 0 Å². The van der Waals surface area contributed by atoms with Crippen LogP contribution in [-0.2, 0) is 30.5 Å². The van der Waals surface area contributed by atoms with Crippen LogP contribution in [0.15, 0.2) is 76.7 Å². The molecular weight excluding hydrogens is 853 g/mol. The lowest BCUT2D eigenvalue weighted by Crippen LogP contribution is -2.46. The second-order valence-electron chi connectivity index (χ2n) is 15.9. The lowest BCUT2D eigenvalue weighted by molar-refractivity contribution is -0.125. The van der Waals surface area contributed by atoms with Crippen molar-refractivity contribution in [1.29, 1.82) is 0 Å². The summed E-state index contributed by atoms with van der Waals surface area (Å²) in [6.45, 7) is 11.2. The highest BCUT2D eigenvalue weighted by Gasteiger charge is 2.45. The molecule has 6 heterocycles. The first-order valence-electron chi connectivity index (χ1n) is 20.5. The van der Waals surface area contributed by atoms with E-state index < -0.39 is 11.6 Å². The van der Waals surface area contributed by atoms with E-state index in [0.29, 0.717) is 19.0 Å². The van der Waals surface area contributed by atoms with Crippen molar-refractivity contribution in [2.24, 2.45) is 0 Å². The largest absolute Gasteiger partial charge is 0.352 e. The van der Waals surface area contributed by atoms with Crippen LogP contribution < -0.4 is 10.6 Å². The molecule has 0 bridgehead atoms. The number of aromatic nitrogens is 2. The number of nitrogens with one attached hydrogen (secondary N) is 2. The van der Waals surface area contributed by atoms with Crippen molar-refractivity contribution >= 4 is 56.5 Å². The van der Waals surface area contributed by atoms with Gasteiger partial charge in [0.05, 0.1) is 15.0 Å². The van der Waals surface area contributed by atoms with E-state index in [-0.39, 0.29) is 17.5 Å². The number of rotatable bonds is 15. The van der Waals surface area contributed by atoms with Crippen molar-refractivity contribution < 1.29 is 18.4 Å². The zero-order valence-corrected chi connectivity index (χ0v) is 37.0. The van der Waals surface area contributed by atoms with E-state index in [0.717, 1.165) is 65.9 Å². The van der Waals surface area contributed by atoms with Crippen molar-refractivity contribution in [3.8, 4) is 10.6 Å². The average Bonchev–Trinajstić information content (AvgIpc) is 4.08. The molecule has 0 saturated carbocycles. The Balaban J connectivity index is 0.000000221. The molecule has 0 aliphatic carbocycles. The van der Waals surface area contributed by atoms with Crippen LogP contribution in [0.3, 0.4) is 0 Å². The minimum atomic E-state index is -0.895. The number of hydrogen-bond donors (Lipinski definition) is 2. The van der Waals surface area contributed by atoms with E-state index in [1.54, 1.807) is 43.5 Å². The molecule has 9 nitrogen and oxygen atoms in total. The molecule has 3 aromatic heterocycles. The fraction of sp³-hybridized carbons (Fsp3) is 0.422. The van der Waals surface area contributed by atoms with Gasteiger partial charge in [0.15, 0.2) is 0 Å². The van der Waals surface area contributed by atoms with Crippen LogP contribution in [0.4, 0.5) is 19.5 Å². The number of benzene rings is 2. The lowest BCUT2D eigenvalue weighted by Gasteiger charge is -2.27. The number of urea groups is 1. The zero-order chi connectivity index (χ0) is 41.4. The molecule has 0 radical (unpaired) electrons.